The molecule has 1 aromatic heterocycles. The Morgan fingerprint density at radius 2 is 1.88 bits per heavy atom. The van der Waals surface area contributed by atoms with Crippen molar-refractivity contribution in [1.29, 1.82) is 0 Å². The molecule has 1 aromatic carbocycles. The largest absolute Gasteiger partial charge is 0.378 e. The van der Waals surface area contributed by atoms with Crippen LogP contribution in [0.15, 0.2) is 42.5 Å². The maximum absolute atomic E-state index is 10.7. The molecule has 1 heterocycles. The van der Waals surface area contributed by atoms with Gasteiger partial charge in [-0.1, -0.05) is 30.3 Å². The molecule has 2 nitrogen and oxygen atoms in total. The summed E-state index contributed by atoms with van der Waals surface area (Å²) >= 11 is 1.58. The second-order valence-corrected chi connectivity index (χ2v) is 5.13. The van der Waals surface area contributed by atoms with Crippen LogP contribution >= 0.6 is 11.3 Å². The van der Waals surface area contributed by atoms with Crippen LogP contribution < -0.4 is 5.73 Å². The number of benzene rings is 1. The Kier molecular flexibility index (Phi) is 3.10. The number of thiophene rings is 1. The summed E-state index contributed by atoms with van der Waals surface area (Å²) in [4.78, 5) is 2.08. The Bertz CT molecular complexity index is 466. The van der Waals surface area contributed by atoms with Gasteiger partial charge in [0.25, 0.3) is 0 Å². The second-order valence-electron chi connectivity index (χ2n) is 3.84. The summed E-state index contributed by atoms with van der Waals surface area (Å²) in [5, 5.41) is 10.7. The van der Waals surface area contributed by atoms with Gasteiger partial charge in [-0.25, -0.2) is 0 Å². The minimum absolute atomic E-state index is 0.191. The summed E-state index contributed by atoms with van der Waals surface area (Å²) in [5.41, 5.74) is 5.53. The van der Waals surface area contributed by atoms with E-state index in [1.807, 2.05) is 49.4 Å². The van der Waals surface area contributed by atoms with Crippen LogP contribution in [0.4, 0.5) is 0 Å². The van der Waals surface area contributed by atoms with Gasteiger partial charge < -0.3 is 10.8 Å². The van der Waals surface area contributed by atoms with E-state index in [4.69, 9.17) is 5.73 Å². The molecule has 3 heteroatoms. The van der Waals surface area contributed by atoms with Crippen LogP contribution in [0.1, 0.15) is 15.3 Å². The first kappa shape index (κ1) is 11.3. The fourth-order valence-electron chi connectivity index (χ4n) is 1.73. The molecule has 0 radical (unpaired) electrons. The van der Waals surface area contributed by atoms with E-state index in [-0.39, 0.29) is 6.54 Å². The van der Waals surface area contributed by atoms with Gasteiger partial charge in [-0.3, -0.25) is 0 Å². The summed E-state index contributed by atoms with van der Waals surface area (Å²) in [5.74, 6) is 0. The van der Waals surface area contributed by atoms with E-state index in [9.17, 15) is 5.11 Å². The molecule has 0 aliphatic heterocycles. The monoisotopic (exact) mass is 233 g/mol. The third-order valence-corrected chi connectivity index (χ3v) is 3.85. The molecule has 0 aliphatic rings. The van der Waals surface area contributed by atoms with E-state index in [1.165, 1.54) is 4.88 Å². The van der Waals surface area contributed by atoms with Crippen molar-refractivity contribution in [2.45, 2.75) is 12.5 Å². The average Bonchev–Trinajstić information content (AvgIpc) is 2.76. The molecule has 3 N–H and O–H groups in total. The third-order valence-electron chi connectivity index (χ3n) is 2.69. The van der Waals surface area contributed by atoms with Crippen LogP contribution in [0.5, 0.6) is 0 Å². The Labute approximate surface area is 99.4 Å². The summed E-state index contributed by atoms with van der Waals surface area (Å²) in [6, 6.07) is 13.5. The van der Waals surface area contributed by atoms with Gasteiger partial charge in [0.2, 0.25) is 0 Å². The number of aryl methyl sites for hydroxylation is 1. The Hall–Kier alpha value is -1.16. The molecule has 0 bridgehead atoms. The van der Waals surface area contributed by atoms with Gasteiger partial charge in [-0.2, -0.15) is 0 Å². The van der Waals surface area contributed by atoms with Crippen molar-refractivity contribution >= 4 is 11.3 Å². The molecule has 2 rings (SSSR count). The first-order valence-corrected chi connectivity index (χ1v) is 6.03. The van der Waals surface area contributed by atoms with E-state index in [0.29, 0.717) is 0 Å². The van der Waals surface area contributed by atoms with Crippen molar-refractivity contribution in [2.24, 2.45) is 5.73 Å². The van der Waals surface area contributed by atoms with Crippen molar-refractivity contribution in [3.63, 3.8) is 0 Å². The molecule has 0 aliphatic carbocycles. The van der Waals surface area contributed by atoms with Crippen LogP contribution in [-0.4, -0.2) is 11.7 Å². The quantitative estimate of drug-likeness (QED) is 0.854. The lowest BCUT2D eigenvalue weighted by atomic mass is 9.92. The molecular weight excluding hydrogens is 218 g/mol. The van der Waals surface area contributed by atoms with E-state index in [2.05, 4.69) is 0 Å². The maximum Gasteiger partial charge on any atom is 0.136 e. The molecule has 0 saturated heterocycles. The van der Waals surface area contributed by atoms with E-state index in [0.717, 1.165) is 10.4 Å². The first-order chi connectivity index (χ1) is 7.66. The summed E-state index contributed by atoms with van der Waals surface area (Å²) in [6.45, 7) is 2.22. The van der Waals surface area contributed by atoms with Gasteiger partial charge in [0.05, 0.1) is 0 Å². The number of aliphatic hydroxyl groups is 1. The van der Waals surface area contributed by atoms with Crippen LogP contribution in [0.3, 0.4) is 0 Å². The first-order valence-electron chi connectivity index (χ1n) is 5.22. The lowest BCUT2D eigenvalue weighted by Gasteiger charge is -2.25. The molecule has 0 saturated carbocycles. The van der Waals surface area contributed by atoms with Gasteiger partial charge >= 0.3 is 0 Å². The minimum Gasteiger partial charge on any atom is -0.378 e. The lowest BCUT2D eigenvalue weighted by Crippen LogP contribution is -2.35. The predicted octanol–water partition coefficient (Wildman–Crippen LogP) is 2.25. The van der Waals surface area contributed by atoms with Gasteiger partial charge in [0.15, 0.2) is 0 Å². The van der Waals surface area contributed by atoms with Crippen molar-refractivity contribution in [2.75, 3.05) is 6.54 Å². The van der Waals surface area contributed by atoms with E-state index in [1.54, 1.807) is 11.3 Å². The Balaban J connectivity index is 2.48. The SMILES string of the molecule is Cc1ccc(C(O)(CN)c2ccccc2)s1. The summed E-state index contributed by atoms with van der Waals surface area (Å²) < 4.78 is 0. The number of nitrogens with two attached hydrogens (primary N) is 1. The average molecular weight is 233 g/mol. The van der Waals surface area contributed by atoms with Gasteiger partial charge in [-0.05, 0) is 24.6 Å². The molecule has 16 heavy (non-hydrogen) atoms. The molecular formula is C13H15NOS. The summed E-state index contributed by atoms with van der Waals surface area (Å²) in [6.07, 6.45) is 0. The second kappa shape index (κ2) is 4.37. The maximum atomic E-state index is 10.7. The van der Waals surface area contributed by atoms with E-state index < -0.39 is 5.60 Å². The van der Waals surface area contributed by atoms with Crippen molar-refractivity contribution in [1.82, 2.24) is 0 Å². The Morgan fingerprint density at radius 3 is 2.38 bits per heavy atom. The fourth-order valence-corrected chi connectivity index (χ4v) is 2.72. The van der Waals surface area contributed by atoms with Crippen molar-refractivity contribution in [3.8, 4) is 0 Å². The highest BCUT2D eigenvalue weighted by atomic mass is 32.1. The molecule has 0 fully saturated rings. The highest BCUT2D eigenvalue weighted by molar-refractivity contribution is 7.12. The predicted molar refractivity (Wildman–Crippen MR) is 67.6 cm³/mol. The number of rotatable bonds is 3. The van der Waals surface area contributed by atoms with Crippen LogP contribution in [0, 0.1) is 6.92 Å². The normalized spacial score (nSPS) is 14.7. The Morgan fingerprint density at radius 1 is 1.19 bits per heavy atom. The molecule has 2 aromatic rings. The topological polar surface area (TPSA) is 46.2 Å². The van der Waals surface area contributed by atoms with Gasteiger partial charge in [-0.15, -0.1) is 11.3 Å². The number of hydrogen-bond donors (Lipinski definition) is 2. The lowest BCUT2D eigenvalue weighted by molar-refractivity contribution is 0.0941. The molecule has 1 unspecified atom stereocenters. The number of hydrogen-bond acceptors (Lipinski definition) is 3. The van der Waals surface area contributed by atoms with Crippen LogP contribution in [-0.2, 0) is 5.60 Å². The fraction of sp³-hybridized carbons (Fsp3) is 0.231. The molecule has 0 spiro atoms. The van der Waals surface area contributed by atoms with Crippen molar-refractivity contribution in [3.05, 3.63) is 57.8 Å². The molecule has 1 atom stereocenters. The highest BCUT2D eigenvalue weighted by Gasteiger charge is 2.31. The molecule has 84 valence electrons. The zero-order valence-electron chi connectivity index (χ0n) is 9.18. The van der Waals surface area contributed by atoms with Crippen LogP contribution in [0.2, 0.25) is 0 Å². The summed E-state index contributed by atoms with van der Waals surface area (Å²) in [7, 11) is 0. The standard InChI is InChI=1S/C13H15NOS/c1-10-7-8-12(16-10)13(15,9-14)11-5-3-2-4-6-11/h2-8,15H,9,14H2,1H3. The zero-order valence-corrected chi connectivity index (χ0v) is 10.00. The van der Waals surface area contributed by atoms with Gasteiger partial charge in [0, 0.05) is 16.3 Å². The molecule has 0 amide bonds. The smallest absolute Gasteiger partial charge is 0.136 e. The minimum atomic E-state index is -1.06. The van der Waals surface area contributed by atoms with Crippen molar-refractivity contribution < 1.29 is 5.11 Å². The third kappa shape index (κ3) is 1.89. The zero-order chi connectivity index (χ0) is 11.6. The van der Waals surface area contributed by atoms with Crippen LogP contribution in [0.25, 0.3) is 0 Å². The highest BCUT2D eigenvalue weighted by Crippen LogP contribution is 2.33. The van der Waals surface area contributed by atoms with E-state index >= 15 is 0 Å². The van der Waals surface area contributed by atoms with Gasteiger partial charge in [0.1, 0.15) is 5.60 Å².